The van der Waals surface area contributed by atoms with Gasteiger partial charge in [0, 0.05) is 13.1 Å². The molecule has 0 aliphatic carbocycles. The van der Waals surface area contributed by atoms with Crippen molar-refractivity contribution >= 4 is 16.9 Å². The van der Waals surface area contributed by atoms with Crippen molar-refractivity contribution in [1.82, 2.24) is 14.9 Å². The van der Waals surface area contributed by atoms with E-state index in [9.17, 15) is 4.79 Å². The van der Waals surface area contributed by atoms with E-state index >= 15 is 0 Å². The average Bonchev–Trinajstić information content (AvgIpc) is 3.02. The molecule has 4 rings (SSSR count). The monoisotopic (exact) mass is 347 g/mol. The number of rotatable bonds is 4. The average molecular weight is 347 g/mol. The second-order valence-corrected chi connectivity index (χ2v) is 7.36. The molecule has 0 spiro atoms. The number of nitrogens with zero attached hydrogens (tertiary/aromatic N) is 2. The largest absolute Gasteiger partial charge is 0.342 e. The number of likely N-dealkylation sites (tertiary alicyclic amines) is 1. The number of benzene rings is 2. The number of imidazole rings is 1. The number of carbonyl (C=O) groups is 1. The molecular formula is C22H25N3O. The Morgan fingerprint density at radius 3 is 2.65 bits per heavy atom. The van der Waals surface area contributed by atoms with Crippen molar-refractivity contribution < 1.29 is 4.79 Å². The predicted octanol–water partition coefficient (Wildman–Crippen LogP) is 3.90. The van der Waals surface area contributed by atoms with Gasteiger partial charge in [0.25, 0.3) is 0 Å². The van der Waals surface area contributed by atoms with Gasteiger partial charge in [-0.2, -0.15) is 0 Å². The van der Waals surface area contributed by atoms with E-state index in [0.29, 0.717) is 12.3 Å². The second kappa shape index (κ2) is 7.32. The molecule has 1 aliphatic heterocycles. The number of aromatic nitrogens is 2. The van der Waals surface area contributed by atoms with Crippen molar-refractivity contribution in [3.05, 3.63) is 65.5 Å². The fourth-order valence-electron chi connectivity index (χ4n) is 3.91. The number of aromatic amines is 1. The molecule has 1 amide bonds. The van der Waals surface area contributed by atoms with E-state index < -0.39 is 0 Å². The molecule has 0 atom stereocenters. The molecule has 0 radical (unpaired) electrons. The zero-order valence-electron chi connectivity index (χ0n) is 15.2. The maximum absolute atomic E-state index is 12.7. The standard InChI is InChI=1S/C22H25N3O/c1-16-23-20-8-7-19(14-21(20)24-16)15-22(26)25-11-9-18(10-12-25)13-17-5-3-2-4-6-17/h2-8,14,18H,9-13,15H2,1H3,(H,23,24). The Labute approximate surface area is 154 Å². The Hall–Kier alpha value is -2.62. The molecule has 0 saturated carbocycles. The van der Waals surface area contributed by atoms with E-state index in [-0.39, 0.29) is 5.91 Å². The van der Waals surface area contributed by atoms with Gasteiger partial charge in [-0.3, -0.25) is 4.79 Å². The minimum absolute atomic E-state index is 0.235. The maximum atomic E-state index is 12.7. The lowest BCUT2D eigenvalue weighted by Crippen LogP contribution is -2.39. The van der Waals surface area contributed by atoms with Gasteiger partial charge >= 0.3 is 0 Å². The topological polar surface area (TPSA) is 49.0 Å². The number of amides is 1. The highest BCUT2D eigenvalue weighted by atomic mass is 16.2. The van der Waals surface area contributed by atoms with Crippen LogP contribution in [0.15, 0.2) is 48.5 Å². The van der Waals surface area contributed by atoms with Crippen molar-refractivity contribution in [1.29, 1.82) is 0 Å². The van der Waals surface area contributed by atoms with Crippen LogP contribution in [0.1, 0.15) is 29.8 Å². The van der Waals surface area contributed by atoms with Crippen molar-refractivity contribution in [2.45, 2.75) is 32.6 Å². The molecule has 1 aliphatic rings. The summed E-state index contributed by atoms with van der Waals surface area (Å²) in [6.07, 6.45) is 3.79. The van der Waals surface area contributed by atoms with Crippen molar-refractivity contribution in [2.24, 2.45) is 5.92 Å². The molecule has 3 aromatic rings. The zero-order valence-corrected chi connectivity index (χ0v) is 15.2. The smallest absolute Gasteiger partial charge is 0.226 e. The third-order valence-electron chi connectivity index (χ3n) is 5.35. The Morgan fingerprint density at radius 1 is 1.12 bits per heavy atom. The lowest BCUT2D eigenvalue weighted by atomic mass is 9.90. The van der Waals surface area contributed by atoms with Crippen LogP contribution < -0.4 is 0 Å². The molecular weight excluding hydrogens is 322 g/mol. The molecule has 2 heterocycles. The molecule has 134 valence electrons. The summed E-state index contributed by atoms with van der Waals surface area (Å²) in [5.74, 6) is 1.83. The molecule has 0 bridgehead atoms. The molecule has 1 fully saturated rings. The van der Waals surface area contributed by atoms with Gasteiger partial charge in [0.2, 0.25) is 5.91 Å². The van der Waals surface area contributed by atoms with E-state index in [2.05, 4.69) is 46.4 Å². The summed E-state index contributed by atoms with van der Waals surface area (Å²) in [6.45, 7) is 3.70. The van der Waals surface area contributed by atoms with E-state index in [1.807, 2.05) is 24.0 Å². The third-order valence-corrected chi connectivity index (χ3v) is 5.35. The van der Waals surface area contributed by atoms with Crippen LogP contribution in [-0.4, -0.2) is 33.9 Å². The fourth-order valence-corrected chi connectivity index (χ4v) is 3.91. The van der Waals surface area contributed by atoms with Crippen LogP contribution in [0.2, 0.25) is 0 Å². The van der Waals surface area contributed by atoms with Crippen LogP contribution in [0.25, 0.3) is 11.0 Å². The number of aryl methyl sites for hydroxylation is 1. The molecule has 1 aromatic heterocycles. The Bertz CT molecular complexity index is 892. The summed E-state index contributed by atoms with van der Waals surface area (Å²) in [5, 5.41) is 0. The lowest BCUT2D eigenvalue weighted by Gasteiger charge is -2.32. The number of hydrogen-bond acceptors (Lipinski definition) is 2. The van der Waals surface area contributed by atoms with Gasteiger partial charge in [0.05, 0.1) is 17.5 Å². The molecule has 26 heavy (non-hydrogen) atoms. The number of nitrogens with one attached hydrogen (secondary N) is 1. The molecule has 1 N–H and O–H groups in total. The van der Waals surface area contributed by atoms with Crippen LogP contribution in [-0.2, 0) is 17.6 Å². The van der Waals surface area contributed by atoms with Gasteiger partial charge in [-0.05, 0) is 55.4 Å². The first-order valence-corrected chi connectivity index (χ1v) is 9.44. The van der Waals surface area contributed by atoms with E-state index in [0.717, 1.165) is 54.8 Å². The molecule has 1 saturated heterocycles. The predicted molar refractivity (Wildman–Crippen MR) is 104 cm³/mol. The summed E-state index contributed by atoms with van der Waals surface area (Å²) >= 11 is 0. The highest BCUT2D eigenvalue weighted by Gasteiger charge is 2.23. The first-order valence-electron chi connectivity index (χ1n) is 9.44. The first-order chi connectivity index (χ1) is 12.7. The van der Waals surface area contributed by atoms with Gasteiger partial charge in [0.1, 0.15) is 5.82 Å². The van der Waals surface area contributed by atoms with Gasteiger partial charge in [-0.15, -0.1) is 0 Å². The maximum Gasteiger partial charge on any atom is 0.226 e. The quantitative estimate of drug-likeness (QED) is 0.778. The van der Waals surface area contributed by atoms with E-state index in [1.165, 1.54) is 5.56 Å². The number of fused-ring (bicyclic) bond motifs is 1. The fraction of sp³-hybridized carbons (Fsp3) is 0.364. The van der Waals surface area contributed by atoms with Crippen LogP contribution in [0, 0.1) is 12.8 Å². The molecule has 2 aromatic carbocycles. The minimum atomic E-state index is 0.235. The van der Waals surface area contributed by atoms with E-state index in [4.69, 9.17) is 0 Å². The molecule has 4 heteroatoms. The summed E-state index contributed by atoms with van der Waals surface area (Å²) in [7, 11) is 0. The Kier molecular flexibility index (Phi) is 4.74. The highest BCUT2D eigenvalue weighted by molar-refractivity contribution is 5.82. The van der Waals surface area contributed by atoms with Crippen molar-refractivity contribution in [3.63, 3.8) is 0 Å². The number of hydrogen-bond donors (Lipinski definition) is 1. The van der Waals surface area contributed by atoms with Crippen LogP contribution in [0.5, 0.6) is 0 Å². The van der Waals surface area contributed by atoms with E-state index in [1.54, 1.807) is 0 Å². The van der Waals surface area contributed by atoms with Crippen LogP contribution in [0.3, 0.4) is 0 Å². The summed E-state index contributed by atoms with van der Waals surface area (Å²) in [4.78, 5) is 22.4. The second-order valence-electron chi connectivity index (χ2n) is 7.36. The zero-order chi connectivity index (χ0) is 17.9. The first kappa shape index (κ1) is 16.8. The highest BCUT2D eigenvalue weighted by Crippen LogP contribution is 2.22. The molecule has 4 nitrogen and oxygen atoms in total. The normalized spacial score (nSPS) is 15.5. The molecule has 0 unspecified atom stereocenters. The summed E-state index contributed by atoms with van der Waals surface area (Å²) in [6, 6.07) is 16.7. The van der Waals surface area contributed by atoms with Crippen LogP contribution >= 0.6 is 0 Å². The summed E-state index contributed by atoms with van der Waals surface area (Å²) < 4.78 is 0. The Morgan fingerprint density at radius 2 is 1.88 bits per heavy atom. The Balaban J connectivity index is 1.32. The van der Waals surface area contributed by atoms with Crippen molar-refractivity contribution in [2.75, 3.05) is 13.1 Å². The van der Waals surface area contributed by atoms with Gasteiger partial charge in [-0.25, -0.2) is 4.98 Å². The lowest BCUT2D eigenvalue weighted by molar-refractivity contribution is -0.131. The minimum Gasteiger partial charge on any atom is -0.342 e. The van der Waals surface area contributed by atoms with Crippen molar-refractivity contribution in [3.8, 4) is 0 Å². The number of H-pyrrole nitrogens is 1. The number of carbonyl (C=O) groups excluding carboxylic acids is 1. The van der Waals surface area contributed by atoms with Gasteiger partial charge in [0.15, 0.2) is 0 Å². The SMILES string of the molecule is Cc1nc2ccc(CC(=O)N3CCC(Cc4ccccc4)CC3)cc2[nH]1. The third kappa shape index (κ3) is 3.79. The van der Waals surface area contributed by atoms with Crippen LogP contribution in [0.4, 0.5) is 0 Å². The van der Waals surface area contributed by atoms with Gasteiger partial charge < -0.3 is 9.88 Å². The number of piperidine rings is 1. The van der Waals surface area contributed by atoms with Gasteiger partial charge in [-0.1, -0.05) is 36.4 Å². The summed E-state index contributed by atoms with van der Waals surface area (Å²) in [5.41, 5.74) is 4.42.